The Balaban J connectivity index is 1.94. The minimum absolute atomic E-state index is 0.322. The Morgan fingerprint density at radius 3 is 3.19 bits per heavy atom. The molecule has 1 aromatic rings. The molecule has 2 heterocycles. The van der Waals surface area contributed by atoms with Crippen molar-refractivity contribution in [1.82, 2.24) is 15.3 Å². The molecule has 0 spiro atoms. The van der Waals surface area contributed by atoms with Crippen LogP contribution in [0.25, 0.3) is 0 Å². The number of hydrogen-bond donors (Lipinski definition) is 2. The van der Waals surface area contributed by atoms with Crippen LogP contribution >= 0.6 is 15.9 Å². The SMILES string of the molecule is CC1(CNc2ncncc2Br)CCCNC1. The van der Waals surface area contributed by atoms with E-state index in [1.165, 1.54) is 12.8 Å². The van der Waals surface area contributed by atoms with Crippen LogP contribution in [0.1, 0.15) is 19.8 Å². The Morgan fingerprint density at radius 2 is 2.50 bits per heavy atom. The molecule has 2 rings (SSSR count). The number of piperidine rings is 1. The van der Waals surface area contributed by atoms with Gasteiger partial charge in [0.05, 0.1) is 4.47 Å². The first-order valence-electron chi connectivity index (χ1n) is 5.60. The van der Waals surface area contributed by atoms with Gasteiger partial charge in [0, 0.05) is 19.3 Å². The summed E-state index contributed by atoms with van der Waals surface area (Å²) in [6.45, 7) is 5.46. The van der Waals surface area contributed by atoms with Gasteiger partial charge < -0.3 is 10.6 Å². The molecule has 0 saturated carbocycles. The zero-order chi connectivity index (χ0) is 11.4. The molecule has 1 aliphatic rings. The van der Waals surface area contributed by atoms with Crippen LogP contribution in [0.3, 0.4) is 0 Å². The summed E-state index contributed by atoms with van der Waals surface area (Å²) >= 11 is 3.44. The Hall–Kier alpha value is -0.680. The Bertz CT molecular complexity index is 350. The number of hydrogen-bond acceptors (Lipinski definition) is 4. The van der Waals surface area contributed by atoms with Crippen molar-refractivity contribution in [3.8, 4) is 0 Å². The highest BCUT2D eigenvalue weighted by Gasteiger charge is 2.26. The Kier molecular flexibility index (Phi) is 3.76. The summed E-state index contributed by atoms with van der Waals surface area (Å²) in [4.78, 5) is 8.15. The zero-order valence-corrected chi connectivity index (χ0v) is 11.0. The highest BCUT2D eigenvalue weighted by Crippen LogP contribution is 2.26. The van der Waals surface area contributed by atoms with Crippen LogP contribution in [0, 0.1) is 5.41 Å². The van der Waals surface area contributed by atoms with Gasteiger partial charge in [-0.2, -0.15) is 0 Å². The fourth-order valence-electron chi connectivity index (χ4n) is 2.01. The molecule has 1 saturated heterocycles. The number of rotatable bonds is 3. The molecule has 4 nitrogen and oxygen atoms in total. The lowest BCUT2D eigenvalue weighted by Crippen LogP contribution is -2.42. The lowest BCUT2D eigenvalue weighted by molar-refractivity contribution is 0.253. The predicted molar refractivity (Wildman–Crippen MR) is 68.4 cm³/mol. The molecule has 1 aromatic heterocycles. The van der Waals surface area contributed by atoms with Gasteiger partial charge in [0.15, 0.2) is 0 Å². The summed E-state index contributed by atoms with van der Waals surface area (Å²) in [6, 6.07) is 0. The maximum Gasteiger partial charge on any atom is 0.143 e. The minimum Gasteiger partial charge on any atom is -0.368 e. The quantitative estimate of drug-likeness (QED) is 0.892. The van der Waals surface area contributed by atoms with Gasteiger partial charge in [-0.05, 0) is 40.7 Å². The van der Waals surface area contributed by atoms with Gasteiger partial charge in [0.1, 0.15) is 12.1 Å². The van der Waals surface area contributed by atoms with E-state index in [-0.39, 0.29) is 0 Å². The summed E-state index contributed by atoms with van der Waals surface area (Å²) in [7, 11) is 0. The average molecular weight is 285 g/mol. The van der Waals surface area contributed by atoms with Crippen molar-refractivity contribution < 1.29 is 0 Å². The van der Waals surface area contributed by atoms with Crippen molar-refractivity contribution in [1.29, 1.82) is 0 Å². The van der Waals surface area contributed by atoms with Crippen molar-refractivity contribution in [2.45, 2.75) is 19.8 Å². The van der Waals surface area contributed by atoms with Crippen molar-refractivity contribution >= 4 is 21.7 Å². The fourth-order valence-corrected chi connectivity index (χ4v) is 2.37. The van der Waals surface area contributed by atoms with Crippen molar-refractivity contribution in [2.24, 2.45) is 5.41 Å². The van der Waals surface area contributed by atoms with Crippen LogP contribution in [-0.4, -0.2) is 29.6 Å². The molecule has 88 valence electrons. The molecule has 1 fully saturated rings. The Morgan fingerprint density at radius 1 is 1.62 bits per heavy atom. The first kappa shape index (κ1) is 11.8. The second-order valence-corrected chi connectivity index (χ2v) is 5.52. The molecule has 5 heteroatoms. The van der Waals surface area contributed by atoms with E-state index in [1.54, 1.807) is 12.5 Å². The van der Waals surface area contributed by atoms with Gasteiger partial charge in [-0.3, -0.25) is 0 Å². The van der Waals surface area contributed by atoms with E-state index in [9.17, 15) is 0 Å². The molecule has 1 aliphatic heterocycles. The topological polar surface area (TPSA) is 49.8 Å². The van der Waals surface area contributed by atoms with Gasteiger partial charge in [0.2, 0.25) is 0 Å². The zero-order valence-electron chi connectivity index (χ0n) is 9.46. The van der Waals surface area contributed by atoms with Gasteiger partial charge in [-0.25, -0.2) is 9.97 Å². The normalized spacial score (nSPS) is 25.4. The standard InChI is InChI=1S/C11H17BrN4/c1-11(3-2-4-13-6-11)7-15-10-9(12)5-14-8-16-10/h5,8,13H,2-4,6-7H2,1H3,(H,14,15,16). The highest BCUT2D eigenvalue weighted by molar-refractivity contribution is 9.10. The first-order chi connectivity index (χ1) is 7.70. The lowest BCUT2D eigenvalue weighted by Gasteiger charge is -2.34. The molecule has 0 amide bonds. The molecule has 1 atom stereocenters. The third-order valence-corrected chi connectivity index (χ3v) is 3.62. The van der Waals surface area contributed by atoms with E-state index >= 15 is 0 Å². The summed E-state index contributed by atoms with van der Waals surface area (Å²) in [5, 5.41) is 6.83. The summed E-state index contributed by atoms with van der Waals surface area (Å²) < 4.78 is 0.919. The van der Waals surface area contributed by atoms with E-state index in [0.717, 1.165) is 29.9 Å². The summed E-state index contributed by atoms with van der Waals surface area (Å²) in [5.41, 5.74) is 0.322. The van der Waals surface area contributed by atoms with Crippen molar-refractivity contribution in [3.05, 3.63) is 17.0 Å². The van der Waals surface area contributed by atoms with E-state index < -0.39 is 0 Å². The van der Waals surface area contributed by atoms with Crippen LogP contribution in [0.5, 0.6) is 0 Å². The third kappa shape index (κ3) is 2.92. The van der Waals surface area contributed by atoms with Crippen LogP contribution in [-0.2, 0) is 0 Å². The maximum atomic E-state index is 4.20. The fraction of sp³-hybridized carbons (Fsp3) is 0.636. The second-order valence-electron chi connectivity index (χ2n) is 4.66. The molecular weight excluding hydrogens is 268 g/mol. The molecular formula is C11H17BrN4. The maximum absolute atomic E-state index is 4.20. The van der Waals surface area contributed by atoms with Gasteiger partial charge in [0.25, 0.3) is 0 Å². The van der Waals surface area contributed by atoms with Crippen LogP contribution < -0.4 is 10.6 Å². The third-order valence-electron chi connectivity index (χ3n) is 3.04. The summed E-state index contributed by atoms with van der Waals surface area (Å²) in [6.07, 6.45) is 5.84. The van der Waals surface area contributed by atoms with Crippen LogP contribution in [0.15, 0.2) is 17.0 Å². The predicted octanol–water partition coefficient (Wildman–Crippen LogP) is 2.04. The molecule has 0 radical (unpaired) electrons. The van der Waals surface area contributed by atoms with Gasteiger partial charge in [-0.1, -0.05) is 6.92 Å². The molecule has 1 unspecified atom stereocenters. The first-order valence-corrected chi connectivity index (χ1v) is 6.39. The van der Waals surface area contributed by atoms with Gasteiger partial charge in [-0.15, -0.1) is 0 Å². The summed E-state index contributed by atoms with van der Waals surface area (Å²) in [5.74, 6) is 0.877. The molecule has 0 aromatic carbocycles. The second kappa shape index (κ2) is 5.10. The molecule has 0 bridgehead atoms. The van der Waals surface area contributed by atoms with Crippen molar-refractivity contribution in [2.75, 3.05) is 25.0 Å². The molecule has 16 heavy (non-hydrogen) atoms. The van der Waals surface area contributed by atoms with Crippen LogP contribution in [0.2, 0.25) is 0 Å². The monoisotopic (exact) mass is 284 g/mol. The smallest absolute Gasteiger partial charge is 0.143 e. The van der Waals surface area contributed by atoms with Gasteiger partial charge >= 0.3 is 0 Å². The lowest BCUT2D eigenvalue weighted by atomic mass is 9.83. The number of halogens is 1. The number of nitrogens with one attached hydrogen (secondary N) is 2. The van der Waals surface area contributed by atoms with Crippen molar-refractivity contribution in [3.63, 3.8) is 0 Å². The molecule has 0 aliphatic carbocycles. The minimum atomic E-state index is 0.322. The highest BCUT2D eigenvalue weighted by atomic mass is 79.9. The number of aromatic nitrogens is 2. The van der Waals surface area contributed by atoms with E-state index in [0.29, 0.717) is 5.41 Å². The number of anilines is 1. The van der Waals surface area contributed by atoms with E-state index in [2.05, 4.69) is 43.5 Å². The average Bonchev–Trinajstić information content (AvgIpc) is 2.29. The van der Waals surface area contributed by atoms with E-state index in [4.69, 9.17) is 0 Å². The number of nitrogens with zero attached hydrogens (tertiary/aromatic N) is 2. The largest absolute Gasteiger partial charge is 0.368 e. The van der Waals surface area contributed by atoms with E-state index in [1.807, 2.05) is 0 Å². The Labute approximate surface area is 104 Å². The molecule has 2 N–H and O–H groups in total. The van der Waals surface area contributed by atoms with Crippen LogP contribution in [0.4, 0.5) is 5.82 Å².